The van der Waals surface area contributed by atoms with Crippen molar-refractivity contribution in [3.05, 3.63) is 71.3 Å². The Labute approximate surface area is 154 Å². The number of aryl methyl sites for hydroxylation is 1. The van der Waals surface area contributed by atoms with E-state index < -0.39 is 10.0 Å². The molecule has 136 valence electrons. The topological polar surface area (TPSA) is 66.5 Å². The summed E-state index contributed by atoms with van der Waals surface area (Å²) in [5, 5.41) is 2.86. The van der Waals surface area contributed by atoms with Crippen LogP contribution in [-0.2, 0) is 21.4 Å². The Hall–Kier alpha value is -2.60. The molecular formula is C20H22N2O3S. The van der Waals surface area contributed by atoms with Crippen LogP contribution in [-0.4, -0.2) is 26.6 Å². The zero-order valence-electron chi connectivity index (χ0n) is 14.7. The monoisotopic (exact) mass is 370 g/mol. The largest absolute Gasteiger partial charge is 0.348 e. The molecule has 1 heterocycles. The molecule has 0 radical (unpaired) electrons. The number of carbonyl (C=O) groups is 1. The SMILES string of the molecule is Cc1ccccc1CNC(=O)/C=C/c1ccc(N2CCCS2(=O)=O)cc1. The first-order valence-corrected chi connectivity index (χ1v) is 10.2. The maximum atomic E-state index is 12.0. The number of amides is 1. The molecular weight excluding hydrogens is 348 g/mol. The first-order chi connectivity index (χ1) is 12.5. The van der Waals surface area contributed by atoms with E-state index in [1.165, 1.54) is 10.4 Å². The molecule has 1 saturated heterocycles. The summed E-state index contributed by atoms with van der Waals surface area (Å²) in [5.41, 5.74) is 3.75. The quantitative estimate of drug-likeness (QED) is 0.823. The highest BCUT2D eigenvalue weighted by molar-refractivity contribution is 7.93. The highest BCUT2D eigenvalue weighted by Crippen LogP contribution is 2.24. The third-order valence-corrected chi connectivity index (χ3v) is 6.29. The lowest BCUT2D eigenvalue weighted by molar-refractivity contribution is -0.116. The minimum Gasteiger partial charge on any atom is -0.348 e. The highest BCUT2D eigenvalue weighted by atomic mass is 32.2. The zero-order valence-corrected chi connectivity index (χ0v) is 15.5. The molecule has 0 aliphatic carbocycles. The average Bonchev–Trinajstić information content (AvgIpc) is 2.99. The Balaban J connectivity index is 1.58. The van der Waals surface area contributed by atoms with Crippen LogP contribution in [0.1, 0.15) is 23.1 Å². The molecule has 1 fully saturated rings. The van der Waals surface area contributed by atoms with E-state index in [1.54, 1.807) is 18.2 Å². The standard InChI is InChI=1S/C20H22N2O3S/c1-16-5-2-3-6-18(16)15-21-20(23)12-9-17-7-10-19(11-8-17)22-13-4-14-26(22,24)25/h2-3,5-12H,4,13-15H2,1H3,(H,21,23)/b12-9+. The maximum Gasteiger partial charge on any atom is 0.244 e. The summed E-state index contributed by atoms with van der Waals surface area (Å²) in [5.74, 6) is 0.0369. The molecule has 6 heteroatoms. The van der Waals surface area contributed by atoms with Crippen LogP contribution >= 0.6 is 0 Å². The van der Waals surface area contributed by atoms with E-state index in [4.69, 9.17) is 0 Å². The number of hydrogen-bond donors (Lipinski definition) is 1. The summed E-state index contributed by atoms with van der Waals surface area (Å²) in [7, 11) is -3.16. The minimum absolute atomic E-state index is 0.167. The number of nitrogens with one attached hydrogen (secondary N) is 1. The van der Waals surface area contributed by atoms with Crippen molar-refractivity contribution in [2.24, 2.45) is 0 Å². The number of nitrogens with zero attached hydrogens (tertiary/aromatic N) is 1. The molecule has 0 saturated carbocycles. The van der Waals surface area contributed by atoms with E-state index in [0.717, 1.165) is 16.7 Å². The summed E-state index contributed by atoms with van der Waals surface area (Å²) in [6.45, 7) is 3.03. The normalized spacial score (nSPS) is 16.1. The van der Waals surface area contributed by atoms with Crippen molar-refractivity contribution in [2.45, 2.75) is 19.9 Å². The Bertz CT molecular complexity index is 918. The van der Waals surface area contributed by atoms with E-state index in [1.807, 2.05) is 43.3 Å². The molecule has 0 bridgehead atoms. The van der Waals surface area contributed by atoms with Crippen LogP contribution in [0.5, 0.6) is 0 Å². The Morgan fingerprint density at radius 1 is 1.15 bits per heavy atom. The highest BCUT2D eigenvalue weighted by Gasteiger charge is 2.28. The smallest absolute Gasteiger partial charge is 0.244 e. The van der Waals surface area contributed by atoms with Crippen molar-refractivity contribution in [1.82, 2.24) is 5.32 Å². The fourth-order valence-corrected chi connectivity index (χ4v) is 4.47. The third kappa shape index (κ3) is 4.32. The van der Waals surface area contributed by atoms with Gasteiger partial charge in [-0.3, -0.25) is 9.10 Å². The van der Waals surface area contributed by atoms with Gasteiger partial charge < -0.3 is 5.32 Å². The Morgan fingerprint density at radius 2 is 1.88 bits per heavy atom. The van der Waals surface area contributed by atoms with Gasteiger partial charge in [-0.2, -0.15) is 0 Å². The van der Waals surface area contributed by atoms with Crippen LogP contribution in [0.25, 0.3) is 6.08 Å². The second-order valence-electron chi connectivity index (χ2n) is 6.31. The van der Waals surface area contributed by atoms with E-state index in [9.17, 15) is 13.2 Å². The van der Waals surface area contributed by atoms with Gasteiger partial charge in [-0.05, 0) is 48.2 Å². The third-order valence-electron chi connectivity index (χ3n) is 4.42. The molecule has 1 N–H and O–H groups in total. The van der Waals surface area contributed by atoms with Gasteiger partial charge in [0.1, 0.15) is 0 Å². The van der Waals surface area contributed by atoms with Crippen LogP contribution in [0.3, 0.4) is 0 Å². The second kappa shape index (κ2) is 7.74. The summed E-state index contributed by atoms with van der Waals surface area (Å²) in [4.78, 5) is 12.0. The fraction of sp³-hybridized carbons (Fsp3) is 0.250. The maximum absolute atomic E-state index is 12.0. The lowest BCUT2D eigenvalue weighted by Crippen LogP contribution is -2.24. The first kappa shape index (κ1) is 18.2. The van der Waals surface area contributed by atoms with Crippen LogP contribution in [0.4, 0.5) is 5.69 Å². The van der Waals surface area contributed by atoms with Crippen LogP contribution < -0.4 is 9.62 Å². The number of hydrogen-bond acceptors (Lipinski definition) is 3. The van der Waals surface area contributed by atoms with Gasteiger partial charge in [0.15, 0.2) is 0 Å². The van der Waals surface area contributed by atoms with Gasteiger partial charge in [-0.15, -0.1) is 0 Å². The van der Waals surface area contributed by atoms with Crippen LogP contribution in [0.15, 0.2) is 54.6 Å². The van der Waals surface area contributed by atoms with Gasteiger partial charge >= 0.3 is 0 Å². The first-order valence-electron chi connectivity index (χ1n) is 8.57. The van der Waals surface area contributed by atoms with E-state index in [2.05, 4.69) is 5.32 Å². The number of rotatable bonds is 5. The predicted molar refractivity (Wildman–Crippen MR) is 104 cm³/mol. The van der Waals surface area contributed by atoms with Crippen LogP contribution in [0, 0.1) is 6.92 Å². The molecule has 2 aromatic carbocycles. The Morgan fingerprint density at radius 3 is 2.54 bits per heavy atom. The van der Waals surface area contributed by atoms with Gasteiger partial charge in [0.05, 0.1) is 11.4 Å². The summed E-state index contributed by atoms with van der Waals surface area (Å²) >= 11 is 0. The molecule has 3 rings (SSSR count). The van der Waals surface area contributed by atoms with Gasteiger partial charge in [-0.1, -0.05) is 36.4 Å². The molecule has 0 spiro atoms. The van der Waals surface area contributed by atoms with Crippen molar-refractivity contribution in [2.75, 3.05) is 16.6 Å². The van der Waals surface area contributed by atoms with Crippen molar-refractivity contribution in [3.63, 3.8) is 0 Å². The number of anilines is 1. The summed E-state index contributed by atoms with van der Waals surface area (Å²) < 4.78 is 25.3. The molecule has 1 aliphatic heterocycles. The van der Waals surface area contributed by atoms with Gasteiger partial charge in [-0.25, -0.2) is 8.42 Å². The van der Waals surface area contributed by atoms with E-state index in [-0.39, 0.29) is 11.7 Å². The van der Waals surface area contributed by atoms with E-state index in [0.29, 0.717) is 25.2 Å². The van der Waals surface area contributed by atoms with Gasteiger partial charge in [0, 0.05) is 19.2 Å². The van der Waals surface area contributed by atoms with Crippen molar-refractivity contribution >= 4 is 27.7 Å². The molecule has 0 atom stereocenters. The predicted octanol–water partition coefficient (Wildman–Crippen LogP) is 2.86. The molecule has 26 heavy (non-hydrogen) atoms. The van der Waals surface area contributed by atoms with Crippen LogP contribution in [0.2, 0.25) is 0 Å². The average molecular weight is 370 g/mol. The lowest BCUT2D eigenvalue weighted by Gasteiger charge is -2.16. The molecule has 5 nitrogen and oxygen atoms in total. The Kier molecular flexibility index (Phi) is 5.42. The molecule has 1 aliphatic rings. The van der Waals surface area contributed by atoms with Gasteiger partial charge in [0.25, 0.3) is 0 Å². The lowest BCUT2D eigenvalue weighted by atomic mass is 10.1. The second-order valence-corrected chi connectivity index (χ2v) is 8.32. The minimum atomic E-state index is -3.16. The van der Waals surface area contributed by atoms with Crippen molar-refractivity contribution < 1.29 is 13.2 Å². The van der Waals surface area contributed by atoms with Crippen molar-refractivity contribution in [3.8, 4) is 0 Å². The molecule has 2 aromatic rings. The number of sulfonamides is 1. The molecule has 0 unspecified atom stereocenters. The molecule has 0 aromatic heterocycles. The summed E-state index contributed by atoms with van der Waals surface area (Å²) in [6.07, 6.45) is 3.86. The summed E-state index contributed by atoms with van der Waals surface area (Å²) in [6, 6.07) is 15.1. The fourth-order valence-electron chi connectivity index (χ4n) is 2.90. The van der Waals surface area contributed by atoms with Gasteiger partial charge in [0.2, 0.25) is 15.9 Å². The molecule has 1 amide bonds. The van der Waals surface area contributed by atoms with E-state index >= 15 is 0 Å². The zero-order chi connectivity index (χ0) is 18.6. The number of benzene rings is 2. The number of carbonyl (C=O) groups excluding carboxylic acids is 1. The van der Waals surface area contributed by atoms with Crippen molar-refractivity contribution in [1.29, 1.82) is 0 Å².